The standard InChI is InChI=1S/C18H21NOS/c1-18(2,3)15-9-6-14(7-10-15)8-11-17(20)19-13-16-5-4-12-21-16/h4-12H,13H2,1-3H3,(H,19,20). The molecule has 1 N–H and O–H groups in total. The van der Waals surface area contributed by atoms with Gasteiger partial charge >= 0.3 is 0 Å². The van der Waals surface area contributed by atoms with Gasteiger partial charge in [0.2, 0.25) is 5.91 Å². The summed E-state index contributed by atoms with van der Waals surface area (Å²) >= 11 is 1.64. The van der Waals surface area contributed by atoms with Crippen molar-refractivity contribution in [2.45, 2.75) is 32.7 Å². The number of carbonyl (C=O) groups excluding carboxylic acids is 1. The Hall–Kier alpha value is -1.87. The highest BCUT2D eigenvalue weighted by Gasteiger charge is 2.12. The van der Waals surface area contributed by atoms with Gasteiger partial charge in [0, 0.05) is 11.0 Å². The van der Waals surface area contributed by atoms with Crippen molar-refractivity contribution < 1.29 is 4.79 Å². The summed E-state index contributed by atoms with van der Waals surface area (Å²) in [4.78, 5) is 12.9. The highest BCUT2D eigenvalue weighted by Crippen LogP contribution is 2.22. The minimum atomic E-state index is -0.0664. The Morgan fingerprint density at radius 3 is 2.48 bits per heavy atom. The van der Waals surface area contributed by atoms with Gasteiger partial charge in [-0.15, -0.1) is 11.3 Å². The van der Waals surface area contributed by atoms with Crippen LogP contribution >= 0.6 is 11.3 Å². The lowest BCUT2D eigenvalue weighted by molar-refractivity contribution is -0.116. The molecule has 0 unspecified atom stereocenters. The van der Waals surface area contributed by atoms with Crippen molar-refractivity contribution >= 4 is 23.3 Å². The predicted molar refractivity (Wildman–Crippen MR) is 90.3 cm³/mol. The van der Waals surface area contributed by atoms with E-state index in [9.17, 15) is 4.79 Å². The summed E-state index contributed by atoms with van der Waals surface area (Å²) in [5.41, 5.74) is 2.48. The fourth-order valence-electron chi connectivity index (χ4n) is 1.91. The third kappa shape index (κ3) is 4.87. The fraction of sp³-hybridized carbons (Fsp3) is 0.278. The first-order valence-electron chi connectivity index (χ1n) is 7.04. The molecule has 2 rings (SSSR count). The number of benzene rings is 1. The zero-order chi connectivity index (χ0) is 15.3. The molecule has 3 heteroatoms. The van der Waals surface area contributed by atoms with Gasteiger partial charge in [-0.3, -0.25) is 4.79 Å². The van der Waals surface area contributed by atoms with Crippen LogP contribution in [-0.2, 0) is 16.8 Å². The molecule has 110 valence electrons. The molecule has 1 amide bonds. The molecule has 0 saturated heterocycles. The maximum Gasteiger partial charge on any atom is 0.244 e. The minimum Gasteiger partial charge on any atom is -0.348 e. The molecule has 1 heterocycles. The molecule has 0 fully saturated rings. The Morgan fingerprint density at radius 2 is 1.90 bits per heavy atom. The van der Waals surface area contributed by atoms with E-state index in [1.807, 2.05) is 35.7 Å². The molecular weight excluding hydrogens is 278 g/mol. The maximum atomic E-state index is 11.7. The lowest BCUT2D eigenvalue weighted by Crippen LogP contribution is -2.19. The molecule has 0 saturated carbocycles. The first-order chi connectivity index (χ1) is 9.95. The minimum absolute atomic E-state index is 0.0664. The third-order valence-corrected chi connectivity index (χ3v) is 4.10. The molecule has 0 aliphatic carbocycles. The summed E-state index contributed by atoms with van der Waals surface area (Å²) in [7, 11) is 0. The van der Waals surface area contributed by atoms with Crippen LogP contribution in [0.25, 0.3) is 6.08 Å². The van der Waals surface area contributed by atoms with Gasteiger partial charge < -0.3 is 5.32 Å². The second-order valence-corrected chi connectivity index (χ2v) is 7.03. The van der Waals surface area contributed by atoms with Gasteiger partial charge in [0.05, 0.1) is 6.54 Å². The normalized spacial score (nSPS) is 11.8. The number of carbonyl (C=O) groups is 1. The number of hydrogen-bond acceptors (Lipinski definition) is 2. The van der Waals surface area contributed by atoms with Gasteiger partial charge in [0.25, 0.3) is 0 Å². The van der Waals surface area contributed by atoms with E-state index in [-0.39, 0.29) is 11.3 Å². The van der Waals surface area contributed by atoms with Gasteiger partial charge in [-0.2, -0.15) is 0 Å². The van der Waals surface area contributed by atoms with E-state index < -0.39 is 0 Å². The van der Waals surface area contributed by atoms with Crippen LogP contribution in [0.15, 0.2) is 47.9 Å². The van der Waals surface area contributed by atoms with Gasteiger partial charge in [-0.05, 0) is 34.1 Å². The lowest BCUT2D eigenvalue weighted by atomic mass is 9.87. The average Bonchev–Trinajstić information content (AvgIpc) is 2.95. The molecular formula is C18H21NOS. The van der Waals surface area contributed by atoms with Gasteiger partial charge in [0.15, 0.2) is 0 Å². The number of thiophene rings is 1. The Balaban J connectivity index is 1.90. The van der Waals surface area contributed by atoms with Gasteiger partial charge in [0.1, 0.15) is 0 Å². The molecule has 1 aromatic heterocycles. The quantitative estimate of drug-likeness (QED) is 0.834. The average molecular weight is 299 g/mol. The predicted octanol–water partition coefficient (Wildman–Crippen LogP) is 4.38. The largest absolute Gasteiger partial charge is 0.348 e. The maximum absolute atomic E-state index is 11.7. The van der Waals surface area contributed by atoms with Crippen molar-refractivity contribution in [2.24, 2.45) is 0 Å². The Bertz CT molecular complexity index is 604. The molecule has 0 radical (unpaired) electrons. The molecule has 21 heavy (non-hydrogen) atoms. The van der Waals surface area contributed by atoms with Crippen molar-refractivity contribution in [1.82, 2.24) is 5.32 Å². The first kappa shape index (κ1) is 15.5. The lowest BCUT2D eigenvalue weighted by Gasteiger charge is -2.18. The SMILES string of the molecule is CC(C)(C)c1ccc(C=CC(=O)NCc2cccs2)cc1. The van der Waals surface area contributed by atoms with Crippen molar-refractivity contribution in [3.8, 4) is 0 Å². The number of hydrogen-bond donors (Lipinski definition) is 1. The van der Waals surface area contributed by atoms with Crippen molar-refractivity contribution in [3.05, 3.63) is 63.9 Å². The molecule has 2 aromatic rings. The summed E-state index contributed by atoms with van der Waals surface area (Å²) in [5.74, 6) is -0.0664. The summed E-state index contributed by atoms with van der Waals surface area (Å²) < 4.78 is 0. The second kappa shape index (κ2) is 6.72. The van der Waals surface area contributed by atoms with E-state index in [1.54, 1.807) is 17.4 Å². The van der Waals surface area contributed by atoms with Gasteiger partial charge in [-0.1, -0.05) is 51.1 Å². The molecule has 0 spiro atoms. The summed E-state index contributed by atoms with van der Waals surface area (Å²) in [6.45, 7) is 7.16. The van der Waals surface area contributed by atoms with Gasteiger partial charge in [-0.25, -0.2) is 0 Å². The van der Waals surface area contributed by atoms with Crippen molar-refractivity contribution in [3.63, 3.8) is 0 Å². The molecule has 1 aromatic carbocycles. The summed E-state index contributed by atoms with van der Waals surface area (Å²) in [6, 6.07) is 12.3. The zero-order valence-electron chi connectivity index (χ0n) is 12.7. The van der Waals surface area contributed by atoms with Crippen LogP contribution in [0.4, 0.5) is 0 Å². The Morgan fingerprint density at radius 1 is 1.19 bits per heavy atom. The highest BCUT2D eigenvalue weighted by atomic mass is 32.1. The first-order valence-corrected chi connectivity index (χ1v) is 7.92. The molecule has 0 atom stereocenters. The van der Waals surface area contributed by atoms with Crippen LogP contribution in [0.5, 0.6) is 0 Å². The van der Waals surface area contributed by atoms with Crippen molar-refractivity contribution in [1.29, 1.82) is 0 Å². The highest BCUT2D eigenvalue weighted by molar-refractivity contribution is 7.09. The van der Waals surface area contributed by atoms with Crippen LogP contribution in [0.3, 0.4) is 0 Å². The van der Waals surface area contributed by atoms with E-state index in [4.69, 9.17) is 0 Å². The monoisotopic (exact) mass is 299 g/mol. The Labute approximate surface area is 130 Å². The van der Waals surface area contributed by atoms with E-state index in [0.717, 1.165) is 10.4 Å². The fourth-order valence-corrected chi connectivity index (χ4v) is 2.56. The van der Waals surface area contributed by atoms with Crippen LogP contribution in [0, 0.1) is 0 Å². The molecule has 0 aliphatic heterocycles. The number of nitrogens with one attached hydrogen (secondary N) is 1. The van der Waals surface area contributed by atoms with E-state index >= 15 is 0 Å². The van der Waals surface area contributed by atoms with Crippen LogP contribution in [0.2, 0.25) is 0 Å². The zero-order valence-corrected chi connectivity index (χ0v) is 13.5. The van der Waals surface area contributed by atoms with Crippen molar-refractivity contribution in [2.75, 3.05) is 0 Å². The smallest absolute Gasteiger partial charge is 0.244 e. The number of amides is 1. The summed E-state index contributed by atoms with van der Waals surface area (Å²) in [5, 5.41) is 4.88. The van der Waals surface area contributed by atoms with Crippen LogP contribution in [-0.4, -0.2) is 5.91 Å². The van der Waals surface area contributed by atoms with Crippen LogP contribution < -0.4 is 5.32 Å². The summed E-state index contributed by atoms with van der Waals surface area (Å²) in [6.07, 6.45) is 3.43. The Kier molecular flexibility index (Phi) is 4.97. The van der Waals surface area contributed by atoms with E-state index in [1.165, 1.54) is 5.56 Å². The topological polar surface area (TPSA) is 29.1 Å². The van der Waals surface area contributed by atoms with E-state index in [2.05, 4.69) is 38.2 Å². The van der Waals surface area contributed by atoms with E-state index in [0.29, 0.717) is 6.54 Å². The molecule has 0 bridgehead atoms. The number of rotatable bonds is 4. The third-order valence-electron chi connectivity index (χ3n) is 3.22. The second-order valence-electron chi connectivity index (χ2n) is 6.00. The molecule has 0 aliphatic rings. The molecule has 2 nitrogen and oxygen atoms in total. The van der Waals surface area contributed by atoms with Crippen LogP contribution in [0.1, 0.15) is 36.8 Å².